The summed E-state index contributed by atoms with van der Waals surface area (Å²) in [6, 6.07) is 42.5. The van der Waals surface area contributed by atoms with E-state index in [0.717, 1.165) is 88.5 Å². The van der Waals surface area contributed by atoms with Crippen molar-refractivity contribution in [3.8, 4) is 68.0 Å². The Morgan fingerprint density at radius 3 is 1.37 bits per heavy atom. The third kappa shape index (κ3) is 5.36. The first-order chi connectivity index (χ1) is 25.7. The molecule has 0 fully saturated rings. The highest BCUT2D eigenvalue weighted by Crippen LogP contribution is 2.42. The molecule has 7 heteroatoms. The predicted molar refractivity (Wildman–Crippen MR) is 205 cm³/mol. The lowest BCUT2D eigenvalue weighted by atomic mass is 9.90. The van der Waals surface area contributed by atoms with Crippen LogP contribution in [0.25, 0.3) is 88.5 Å². The molecule has 0 unspecified atom stereocenters. The second kappa shape index (κ2) is 12.7. The van der Waals surface area contributed by atoms with Crippen LogP contribution in [0.2, 0.25) is 0 Å². The molecule has 52 heavy (non-hydrogen) atoms. The fourth-order valence-electron chi connectivity index (χ4n) is 6.93. The van der Waals surface area contributed by atoms with Gasteiger partial charge in [-0.1, -0.05) is 36.4 Å². The van der Waals surface area contributed by atoms with Gasteiger partial charge in [0.25, 0.3) is 0 Å². The van der Waals surface area contributed by atoms with Gasteiger partial charge in [0.2, 0.25) is 0 Å². The second-order valence-electron chi connectivity index (χ2n) is 12.4. The van der Waals surface area contributed by atoms with Crippen LogP contribution in [0.3, 0.4) is 0 Å². The summed E-state index contributed by atoms with van der Waals surface area (Å²) in [4.78, 5) is 23.4. The van der Waals surface area contributed by atoms with Crippen molar-refractivity contribution in [2.45, 2.75) is 0 Å². The fraction of sp³-hybridized carbons (Fsp3) is 0. The lowest BCUT2D eigenvalue weighted by Crippen LogP contribution is -1.94. The van der Waals surface area contributed by atoms with E-state index in [-0.39, 0.29) is 0 Å². The molecule has 7 nitrogen and oxygen atoms in total. The third-order valence-corrected chi connectivity index (χ3v) is 9.38. The van der Waals surface area contributed by atoms with E-state index in [1.54, 1.807) is 30.9 Å². The summed E-state index contributed by atoms with van der Waals surface area (Å²) >= 11 is 0. The minimum Gasteiger partial charge on any atom is -0.265 e. The summed E-state index contributed by atoms with van der Waals surface area (Å²) < 4.78 is 0. The van der Waals surface area contributed by atoms with Crippen LogP contribution >= 0.6 is 0 Å². The second-order valence-corrected chi connectivity index (χ2v) is 12.4. The average molecular weight is 664 g/mol. The standard InChI is InChI=1S/C45H25N7/c46-26-28-19-29(27-47)21-34(20-28)30-5-7-31(8-6-30)38-24-40-37-4-2-14-51-45(37)39(25-41(40)36-3-1-13-50-44(36)38)35-22-42(32-9-15-48-16-10-32)52-43(23-35)33-11-17-49-18-12-33/h1-25H. The molecule has 5 aromatic heterocycles. The molecule has 9 aromatic rings. The molecule has 5 heterocycles. The quantitative estimate of drug-likeness (QED) is 0.168. The molecule has 240 valence electrons. The van der Waals surface area contributed by atoms with Gasteiger partial charge in [0.1, 0.15) is 0 Å². The summed E-state index contributed by atoms with van der Waals surface area (Å²) in [5.41, 5.74) is 12.0. The van der Waals surface area contributed by atoms with E-state index in [0.29, 0.717) is 11.1 Å². The number of fused-ring (bicyclic) bond motifs is 5. The molecule has 0 N–H and O–H groups in total. The van der Waals surface area contributed by atoms with Crippen molar-refractivity contribution in [2.24, 2.45) is 0 Å². The smallest absolute Gasteiger partial charge is 0.0992 e. The Bertz CT molecular complexity index is 2820. The average Bonchev–Trinajstić information content (AvgIpc) is 3.23. The highest BCUT2D eigenvalue weighted by Gasteiger charge is 2.18. The van der Waals surface area contributed by atoms with Crippen LogP contribution in [-0.2, 0) is 0 Å². The predicted octanol–water partition coefficient (Wildman–Crippen LogP) is 10.2. The number of hydrogen-bond acceptors (Lipinski definition) is 7. The molecule has 4 aromatic carbocycles. The minimum absolute atomic E-state index is 0.455. The van der Waals surface area contributed by atoms with E-state index in [1.807, 2.05) is 73.1 Å². The van der Waals surface area contributed by atoms with Gasteiger partial charge in [-0.05, 0) is 112 Å². The molecule has 0 atom stereocenters. The number of aromatic nitrogens is 5. The topological polar surface area (TPSA) is 112 Å². The number of nitrogens with zero attached hydrogens (tertiary/aromatic N) is 7. The normalized spacial score (nSPS) is 11.0. The van der Waals surface area contributed by atoms with E-state index in [2.05, 4.69) is 70.6 Å². The lowest BCUT2D eigenvalue weighted by Gasteiger charge is -2.16. The van der Waals surface area contributed by atoms with Gasteiger partial charge in [-0.3, -0.25) is 19.9 Å². The molecule has 0 bridgehead atoms. The molecule has 0 aliphatic carbocycles. The van der Waals surface area contributed by atoms with Gasteiger partial charge in [0.15, 0.2) is 0 Å². The molecular formula is C45H25N7. The van der Waals surface area contributed by atoms with Crippen LogP contribution in [0, 0.1) is 22.7 Å². The van der Waals surface area contributed by atoms with Crippen molar-refractivity contribution >= 4 is 32.6 Å². The monoisotopic (exact) mass is 663 g/mol. The van der Waals surface area contributed by atoms with Crippen molar-refractivity contribution in [1.29, 1.82) is 10.5 Å². The zero-order valence-electron chi connectivity index (χ0n) is 27.6. The maximum atomic E-state index is 9.51. The SMILES string of the molecule is N#Cc1cc(C#N)cc(-c2ccc(-c3cc4c5cccnc5c(-c5cc(-c6ccncc6)nc(-c6ccncc6)c5)cc4c4cccnc34)cc2)c1. The van der Waals surface area contributed by atoms with E-state index in [9.17, 15) is 10.5 Å². The summed E-state index contributed by atoms with van der Waals surface area (Å²) in [5, 5.41) is 23.2. The number of pyridine rings is 5. The first-order valence-corrected chi connectivity index (χ1v) is 16.7. The van der Waals surface area contributed by atoms with E-state index < -0.39 is 0 Å². The highest BCUT2D eigenvalue weighted by atomic mass is 14.7. The maximum absolute atomic E-state index is 9.51. The van der Waals surface area contributed by atoms with Crippen molar-refractivity contribution in [1.82, 2.24) is 24.9 Å². The van der Waals surface area contributed by atoms with E-state index in [4.69, 9.17) is 15.0 Å². The van der Waals surface area contributed by atoms with E-state index in [1.165, 1.54) is 0 Å². The molecule has 0 saturated heterocycles. The van der Waals surface area contributed by atoms with Crippen molar-refractivity contribution in [3.05, 3.63) is 164 Å². The van der Waals surface area contributed by atoms with Gasteiger partial charge in [-0.25, -0.2) is 4.98 Å². The first-order valence-electron chi connectivity index (χ1n) is 16.7. The molecule has 0 aliphatic heterocycles. The molecule has 0 amide bonds. The minimum atomic E-state index is 0.455. The Balaban J connectivity index is 1.26. The first kappa shape index (κ1) is 30.4. The molecule has 9 rings (SSSR count). The van der Waals surface area contributed by atoms with Crippen molar-refractivity contribution < 1.29 is 0 Å². The number of hydrogen-bond donors (Lipinski definition) is 0. The molecule has 0 saturated carbocycles. The van der Waals surface area contributed by atoms with Gasteiger partial charge in [0.05, 0.1) is 45.7 Å². The molecule has 0 radical (unpaired) electrons. The van der Waals surface area contributed by atoms with Gasteiger partial charge in [0, 0.05) is 70.2 Å². The fourth-order valence-corrected chi connectivity index (χ4v) is 6.93. The Kier molecular flexibility index (Phi) is 7.43. The highest BCUT2D eigenvalue weighted by molar-refractivity contribution is 6.22. The molecule has 0 spiro atoms. The largest absolute Gasteiger partial charge is 0.265 e. The lowest BCUT2D eigenvalue weighted by molar-refractivity contribution is 1.27. The third-order valence-electron chi connectivity index (χ3n) is 9.38. The van der Waals surface area contributed by atoms with Crippen LogP contribution in [-0.4, -0.2) is 24.9 Å². The number of benzene rings is 4. The Labute approximate surface area is 298 Å². The Hall–Kier alpha value is -7.61. The van der Waals surface area contributed by atoms with Crippen LogP contribution in [0.15, 0.2) is 152 Å². The van der Waals surface area contributed by atoms with Gasteiger partial charge >= 0.3 is 0 Å². The van der Waals surface area contributed by atoms with Crippen LogP contribution in [0.1, 0.15) is 11.1 Å². The van der Waals surface area contributed by atoms with Crippen LogP contribution in [0.5, 0.6) is 0 Å². The van der Waals surface area contributed by atoms with E-state index >= 15 is 0 Å². The Morgan fingerprint density at radius 1 is 0.385 bits per heavy atom. The van der Waals surface area contributed by atoms with Crippen LogP contribution < -0.4 is 0 Å². The number of rotatable bonds is 5. The van der Waals surface area contributed by atoms with Crippen LogP contribution in [0.4, 0.5) is 0 Å². The number of nitriles is 2. The summed E-state index contributed by atoms with van der Waals surface area (Å²) in [6.45, 7) is 0. The summed E-state index contributed by atoms with van der Waals surface area (Å²) in [5.74, 6) is 0. The molecule has 0 aliphatic rings. The zero-order chi connectivity index (χ0) is 35.0. The zero-order valence-corrected chi connectivity index (χ0v) is 27.6. The Morgan fingerprint density at radius 2 is 0.865 bits per heavy atom. The molecular weight excluding hydrogens is 639 g/mol. The maximum Gasteiger partial charge on any atom is 0.0992 e. The van der Waals surface area contributed by atoms with Gasteiger partial charge in [-0.15, -0.1) is 0 Å². The van der Waals surface area contributed by atoms with Crippen molar-refractivity contribution in [3.63, 3.8) is 0 Å². The van der Waals surface area contributed by atoms with Gasteiger partial charge < -0.3 is 0 Å². The summed E-state index contributed by atoms with van der Waals surface area (Å²) in [6.07, 6.45) is 10.8. The van der Waals surface area contributed by atoms with Crippen molar-refractivity contribution in [2.75, 3.05) is 0 Å². The summed E-state index contributed by atoms with van der Waals surface area (Å²) in [7, 11) is 0. The van der Waals surface area contributed by atoms with Gasteiger partial charge in [-0.2, -0.15) is 10.5 Å².